The van der Waals surface area contributed by atoms with Gasteiger partial charge in [0.1, 0.15) is 5.82 Å². The van der Waals surface area contributed by atoms with Crippen LogP contribution in [0, 0.1) is 0 Å². The van der Waals surface area contributed by atoms with Crippen LogP contribution in [0.2, 0.25) is 0 Å². The molecule has 2 N–H and O–H groups in total. The van der Waals surface area contributed by atoms with E-state index in [9.17, 15) is 0 Å². The molecule has 1 saturated heterocycles. The minimum Gasteiger partial charge on any atom is -0.388 e. The monoisotopic (exact) mass is 361 g/mol. The number of para-hydroxylation sites is 1. The molecule has 2 aromatic rings. The molecule has 0 radical (unpaired) electrons. The molecular weight excluding hydrogens is 334 g/mol. The Morgan fingerprint density at radius 3 is 2.81 bits per heavy atom. The van der Waals surface area contributed by atoms with Gasteiger partial charge in [-0.05, 0) is 49.1 Å². The molecular formula is C22H27N5. The predicted molar refractivity (Wildman–Crippen MR) is 115 cm³/mol. The Hall–Kier alpha value is -3.08. The molecule has 0 amide bonds. The normalized spacial score (nSPS) is 15.6. The van der Waals surface area contributed by atoms with Gasteiger partial charge in [0.05, 0.1) is 6.04 Å². The number of anilines is 3. The Balaban J connectivity index is 1.79. The number of benzene rings is 1. The molecule has 27 heavy (non-hydrogen) atoms. The van der Waals surface area contributed by atoms with Crippen molar-refractivity contribution in [2.75, 3.05) is 29.1 Å². The maximum atomic E-state index is 4.67. The Morgan fingerprint density at radius 1 is 1.30 bits per heavy atom. The molecule has 1 atom stereocenters. The first-order valence-electron chi connectivity index (χ1n) is 9.28. The van der Waals surface area contributed by atoms with E-state index in [1.807, 2.05) is 31.3 Å². The maximum absolute atomic E-state index is 4.67. The molecule has 1 aliphatic rings. The fraction of sp³-hybridized carbons (Fsp3) is 0.273. The number of hydrogen-bond acceptors (Lipinski definition) is 5. The second kappa shape index (κ2) is 8.54. The Bertz CT molecular complexity index is 855. The number of nitrogens with zero attached hydrogens (tertiary/aromatic N) is 3. The van der Waals surface area contributed by atoms with E-state index in [4.69, 9.17) is 0 Å². The van der Waals surface area contributed by atoms with Crippen LogP contribution in [0.25, 0.3) is 6.08 Å². The SMILES string of the molecule is C=C/C(=C\c1ccccc1NC)C(C)Nc1nccc(N2CCCC2=C)n1. The topological polar surface area (TPSA) is 53.1 Å². The zero-order chi connectivity index (χ0) is 19.2. The largest absolute Gasteiger partial charge is 0.388 e. The molecule has 1 aromatic carbocycles. The molecule has 2 heterocycles. The summed E-state index contributed by atoms with van der Waals surface area (Å²) in [6.07, 6.45) is 7.93. The molecule has 140 valence electrons. The maximum Gasteiger partial charge on any atom is 0.225 e. The number of rotatable bonds is 7. The van der Waals surface area contributed by atoms with Gasteiger partial charge in [-0.3, -0.25) is 0 Å². The average molecular weight is 361 g/mol. The molecule has 0 spiro atoms. The second-order valence-electron chi connectivity index (χ2n) is 6.61. The lowest BCUT2D eigenvalue weighted by molar-refractivity contribution is 0.908. The van der Waals surface area contributed by atoms with Gasteiger partial charge in [0.15, 0.2) is 0 Å². The highest BCUT2D eigenvalue weighted by molar-refractivity contribution is 5.70. The second-order valence-corrected chi connectivity index (χ2v) is 6.61. The minimum atomic E-state index is 0.0180. The van der Waals surface area contributed by atoms with Crippen molar-refractivity contribution in [2.24, 2.45) is 0 Å². The third-order valence-electron chi connectivity index (χ3n) is 4.78. The lowest BCUT2D eigenvalue weighted by Gasteiger charge is -2.20. The fourth-order valence-electron chi connectivity index (χ4n) is 3.25. The lowest BCUT2D eigenvalue weighted by Crippen LogP contribution is -2.21. The summed E-state index contributed by atoms with van der Waals surface area (Å²) in [5.41, 5.74) is 4.38. The van der Waals surface area contributed by atoms with Crippen molar-refractivity contribution in [3.63, 3.8) is 0 Å². The van der Waals surface area contributed by atoms with Crippen molar-refractivity contribution in [2.45, 2.75) is 25.8 Å². The summed E-state index contributed by atoms with van der Waals surface area (Å²) in [6.45, 7) is 11.1. The van der Waals surface area contributed by atoms with E-state index < -0.39 is 0 Å². The van der Waals surface area contributed by atoms with Gasteiger partial charge >= 0.3 is 0 Å². The lowest BCUT2D eigenvalue weighted by atomic mass is 10.0. The smallest absolute Gasteiger partial charge is 0.225 e. The standard InChI is InChI=1S/C22H27N5/c1-5-18(15-19-10-6-7-11-20(19)23-4)17(3)25-22-24-13-12-21(26-22)27-14-8-9-16(27)2/h5-7,10-13,15,17,23H,1-2,8-9,14H2,3-4H3,(H,24,25,26)/b18-15+. The molecule has 3 rings (SSSR count). The number of allylic oxidation sites excluding steroid dienone is 1. The highest BCUT2D eigenvalue weighted by Crippen LogP contribution is 2.26. The summed E-state index contributed by atoms with van der Waals surface area (Å²) in [5, 5.41) is 6.61. The van der Waals surface area contributed by atoms with Crippen molar-refractivity contribution >= 4 is 23.5 Å². The highest BCUT2D eigenvalue weighted by Gasteiger charge is 2.18. The molecule has 5 nitrogen and oxygen atoms in total. The van der Waals surface area contributed by atoms with E-state index in [1.54, 1.807) is 6.20 Å². The number of hydrogen-bond donors (Lipinski definition) is 2. The minimum absolute atomic E-state index is 0.0180. The van der Waals surface area contributed by atoms with E-state index in [2.05, 4.69) is 63.8 Å². The average Bonchev–Trinajstić information content (AvgIpc) is 3.12. The molecule has 1 aromatic heterocycles. The van der Waals surface area contributed by atoms with Gasteiger partial charge in [-0.1, -0.05) is 37.4 Å². The summed E-state index contributed by atoms with van der Waals surface area (Å²) in [6, 6.07) is 10.1. The van der Waals surface area contributed by atoms with Crippen molar-refractivity contribution in [1.82, 2.24) is 9.97 Å². The predicted octanol–water partition coefficient (Wildman–Crippen LogP) is 4.70. The van der Waals surface area contributed by atoms with Gasteiger partial charge in [-0.15, -0.1) is 0 Å². The first-order valence-corrected chi connectivity index (χ1v) is 9.28. The van der Waals surface area contributed by atoms with Crippen LogP contribution in [0.1, 0.15) is 25.3 Å². The summed E-state index contributed by atoms with van der Waals surface area (Å²) < 4.78 is 0. The van der Waals surface area contributed by atoms with Crippen LogP contribution in [-0.2, 0) is 0 Å². The first-order chi connectivity index (χ1) is 13.1. The van der Waals surface area contributed by atoms with Crippen LogP contribution in [0.15, 0.2) is 67.0 Å². The molecule has 1 unspecified atom stereocenters. The molecule has 1 aliphatic heterocycles. The molecule has 5 heteroatoms. The molecule has 0 bridgehead atoms. The van der Waals surface area contributed by atoms with E-state index >= 15 is 0 Å². The zero-order valence-electron chi connectivity index (χ0n) is 16.1. The van der Waals surface area contributed by atoms with E-state index in [-0.39, 0.29) is 6.04 Å². The van der Waals surface area contributed by atoms with Crippen LogP contribution >= 0.6 is 0 Å². The van der Waals surface area contributed by atoms with Crippen LogP contribution in [0.3, 0.4) is 0 Å². The zero-order valence-corrected chi connectivity index (χ0v) is 16.1. The van der Waals surface area contributed by atoms with Gasteiger partial charge in [-0.2, -0.15) is 4.98 Å². The number of aromatic nitrogens is 2. The van der Waals surface area contributed by atoms with Gasteiger partial charge in [0, 0.05) is 31.2 Å². The fourth-order valence-corrected chi connectivity index (χ4v) is 3.25. The Labute approximate surface area is 161 Å². The summed E-state index contributed by atoms with van der Waals surface area (Å²) in [5.74, 6) is 1.50. The van der Waals surface area contributed by atoms with Gasteiger partial charge < -0.3 is 15.5 Å². The third-order valence-corrected chi connectivity index (χ3v) is 4.78. The van der Waals surface area contributed by atoms with Crippen LogP contribution in [0.5, 0.6) is 0 Å². The van der Waals surface area contributed by atoms with Crippen LogP contribution in [0.4, 0.5) is 17.5 Å². The Morgan fingerprint density at radius 2 is 2.11 bits per heavy atom. The highest BCUT2D eigenvalue weighted by atomic mass is 15.2. The summed E-state index contributed by atoms with van der Waals surface area (Å²) in [4.78, 5) is 11.2. The Kier molecular flexibility index (Phi) is 5.91. The van der Waals surface area contributed by atoms with Crippen molar-refractivity contribution in [3.05, 3.63) is 72.6 Å². The first kappa shape index (κ1) is 18.7. The third kappa shape index (κ3) is 4.37. The summed E-state index contributed by atoms with van der Waals surface area (Å²) in [7, 11) is 1.92. The summed E-state index contributed by atoms with van der Waals surface area (Å²) >= 11 is 0. The quantitative estimate of drug-likeness (QED) is 0.700. The van der Waals surface area contributed by atoms with Crippen molar-refractivity contribution in [1.29, 1.82) is 0 Å². The molecule has 0 aliphatic carbocycles. The van der Waals surface area contributed by atoms with Crippen molar-refractivity contribution < 1.29 is 0 Å². The van der Waals surface area contributed by atoms with Crippen LogP contribution in [-0.4, -0.2) is 29.6 Å². The molecule has 0 saturated carbocycles. The van der Waals surface area contributed by atoms with E-state index in [0.717, 1.165) is 47.7 Å². The van der Waals surface area contributed by atoms with Gasteiger partial charge in [0.25, 0.3) is 0 Å². The van der Waals surface area contributed by atoms with Crippen LogP contribution < -0.4 is 15.5 Å². The molecule has 1 fully saturated rings. The van der Waals surface area contributed by atoms with Gasteiger partial charge in [-0.25, -0.2) is 4.98 Å². The number of nitrogens with one attached hydrogen (secondary N) is 2. The van der Waals surface area contributed by atoms with E-state index in [1.165, 1.54) is 0 Å². The van der Waals surface area contributed by atoms with Gasteiger partial charge in [0.2, 0.25) is 5.95 Å². The van der Waals surface area contributed by atoms with E-state index in [0.29, 0.717) is 5.95 Å². The van der Waals surface area contributed by atoms with Crippen molar-refractivity contribution in [3.8, 4) is 0 Å².